The van der Waals surface area contributed by atoms with E-state index in [1.807, 2.05) is 13.0 Å². The molecule has 1 aliphatic carbocycles. The van der Waals surface area contributed by atoms with Crippen LogP contribution in [0.25, 0.3) is 0 Å². The zero-order chi connectivity index (χ0) is 14.8. The van der Waals surface area contributed by atoms with Crippen molar-refractivity contribution in [1.29, 1.82) is 0 Å². The van der Waals surface area contributed by atoms with Gasteiger partial charge in [-0.15, -0.1) is 0 Å². The third-order valence-corrected chi connectivity index (χ3v) is 4.81. The van der Waals surface area contributed by atoms with Gasteiger partial charge in [0.15, 0.2) is 0 Å². The Morgan fingerprint density at radius 2 is 2.20 bits per heavy atom. The second-order valence-electron chi connectivity index (χ2n) is 5.94. The molecule has 1 amide bonds. The molecule has 1 aliphatic rings. The molecule has 1 heterocycles. The van der Waals surface area contributed by atoms with Crippen molar-refractivity contribution in [1.82, 2.24) is 4.98 Å². The lowest BCUT2D eigenvalue weighted by molar-refractivity contribution is -0.127. The first-order chi connectivity index (χ1) is 9.47. The summed E-state index contributed by atoms with van der Waals surface area (Å²) >= 11 is 3.37. The van der Waals surface area contributed by atoms with Crippen molar-refractivity contribution in [2.75, 3.05) is 11.9 Å². The summed E-state index contributed by atoms with van der Waals surface area (Å²) in [7, 11) is 0. The summed E-state index contributed by atoms with van der Waals surface area (Å²) in [5.74, 6) is 1.34. The second kappa shape index (κ2) is 6.22. The molecule has 2 rings (SSSR count). The molecule has 20 heavy (non-hydrogen) atoms. The van der Waals surface area contributed by atoms with Crippen LogP contribution in [0.3, 0.4) is 0 Å². The van der Waals surface area contributed by atoms with Crippen molar-refractivity contribution in [3.8, 4) is 0 Å². The molecule has 1 aromatic heterocycles. The summed E-state index contributed by atoms with van der Waals surface area (Å²) in [6.07, 6.45) is 5.56. The van der Waals surface area contributed by atoms with Crippen molar-refractivity contribution in [3.63, 3.8) is 0 Å². The molecule has 5 heteroatoms. The number of aryl methyl sites for hydroxylation is 1. The van der Waals surface area contributed by atoms with E-state index in [4.69, 9.17) is 5.73 Å². The molecule has 4 nitrogen and oxygen atoms in total. The first-order valence-electron chi connectivity index (χ1n) is 7.10. The number of amides is 1. The Balaban J connectivity index is 2.13. The van der Waals surface area contributed by atoms with Crippen LogP contribution in [0.1, 0.15) is 38.2 Å². The number of rotatable bonds is 3. The molecule has 1 saturated carbocycles. The van der Waals surface area contributed by atoms with Crippen LogP contribution in [0.5, 0.6) is 0 Å². The summed E-state index contributed by atoms with van der Waals surface area (Å²) in [5, 5.41) is 2.96. The van der Waals surface area contributed by atoms with E-state index < -0.39 is 5.41 Å². The van der Waals surface area contributed by atoms with E-state index in [2.05, 4.69) is 33.2 Å². The van der Waals surface area contributed by atoms with Gasteiger partial charge in [0.05, 0.1) is 5.41 Å². The van der Waals surface area contributed by atoms with Gasteiger partial charge in [-0.25, -0.2) is 4.98 Å². The second-order valence-corrected chi connectivity index (χ2v) is 6.86. The van der Waals surface area contributed by atoms with Crippen molar-refractivity contribution in [3.05, 3.63) is 22.3 Å². The number of nitrogens with zero attached hydrogens (tertiary/aromatic N) is 1. The van der Waals surface area contributed by atoms with Crippen molar-refractivity contribution in [2.45, 2.75) is 39.5 Å². The molecule has 1 fully saturated rings. The van der Waals surface area contributed by atoms with Gasteiger partial charge in [-0.1, -0.05) is 6.92 Å². The molecule has 0 radical (unpaired) electrons. The molecule has 0 saturated heterocycles. The van der Waals surface area contributed by atoms with E-state index in [9.17, 15) is 4.79 Å². The average molecular weight is 340 g/mol. The smallest absolute Gasteiger partial charge is 0.233 e. The zero-order valence-electron chi connectivity index (χ0n) is 12.1. The number of nitrogens with one attached hydrogen (secondary N) is 1. The van der Waals surface area contributed by atoms with Crippen LogP contribution in [0.15, 0.2) is 16.7 Å². The number of carbonyl (C=O) groups is 1. The standard InChI is InChI=1S/C15H22BrN3O/c1-10-3-5-15(9-17,6-4-10)14(20)19-13-11(2)7-12(16)8-18-13/h7-8,10H,3-6,9,17H2,1-2H3,(H,18,19,20). The summed E-state index contributed by atoms with van der Waals surface area (Å²) in [6, 6.07) is 1.95. The molecule has 0 atom stereocenters. The normalized spacial score (nSPS) is 26.3. The molecule has 0 spiro atoms. The zero-order valence-corrected chi connectivity index (χ0v) is 13.7. The molecule has 0 unspecified atom stereocenters. The molecule has 0 aliphatic heterocycles. The fraction of sp³-hybridized carbons (Fsp3) is 0.600. The Kier molecular flexibility index (Phi) is 4.81. The maximum Gasteiger partial charge on any atom is 0.233 e. The summed E-state index contributed by atoms with van der Waals surface area (Å²) in [6.45, 7) is 4.57. The Hall–Kier alpha value is -0.940. The molecular formula is C15H22BrN3O. The Labute approximate surface area is 128 Å². The lowest BCUT2D eigenvalue weighted by Gasteiger charge is -2.37. The minimum Gasteiger partial charge on any atom is -0.329 e. The first kappa shape index (κ1) is 15.4. The molecular weight excluding hydrogens is 318 g/mol. The van der Waals surface area contributed by atoms with E-state index in [1.54, 1.807) is 6.20 Å². The number of hydrogen-bond acceptors (Lipinski definition) is 3. The Morgan fingerprint density at radius 3 is 2.75 bits per heavy atom. The fourth-order valence-corrected chi connectivity index (χ4v) is 3.20. The summed E-state index contributed by atoms with van der Waals surface area (Å²) < 4.78 is 0.910. The number of pyridine rings is 1. The predicted octanol–water partition coefficient (Wildman–Crippen LogP) is 3.25. The van der Waals surface area contributed by atoms with Gasteiger partial charge in [-0.2, -0.15) is 0 Å². The van der Waals surface area contributed by atoms with Crippen LogP contribution >= 0.6 is 15.9 Å². The first-order valence-corrected chi connectivity index (χ1v) is 7.90. The van der Waals surface area contributed by atoms with E-state index in [0.717, 1.165) is 35.7 Å². The monoisotopic (exact) mass is 339 g/mol. The van der Waals surface area contributed by atoms with Gasteiger partial charge in [-0.3, -0.25) is 4.79 Å². The van der Waals surface area contributed by atoms with Crippen LogP contribution < -0.4 is 11.1 Å². The minimum absolute atomic E-state index is 0.0184. The van der Waals surface area contributed by atoms with E-state index in [1.165, 1.54) is 0 Å². The minimum atomic E-state index is -0.423. The highest BCUT2D eigenvalue weighted by Gasteiger charge is 2.40. The van der Waals surface area contributed by atoms with Gasteiger partial charge < -0.3 is 11.1 Å². The lowest BCUT2D eigenvalue weighted by atomic mass is 9.70. The van der Waals surface area contributed by atoms with Crippen LogP contribution in [0.2, 0.25) is 0 Å². The van der Waals surface area contributed by atoms with Crippen LogP contribution in [0, 0.1) is 18.3 Å². The van der Waals surface area contributed by atoms with Crippen LogP contribution in [-0.4, -0.2) is 17.4 Å². The molecule has 0 bridgehead atoms. The molecule has 0 aromatic carbocycles. The van der Waals surface area contributed by atoms with Crippen LogP contribution in [0.4, 0.5) is 5.82 Å². The SMILES string of the molecule is Cc1cc(Br)cnc1NC(=O)C1(CN)CCC(C)CC1. The lowest BCUT2D eigenvalue weighted by Crippen LogP contribution is -2.45. The fourth-order valence-electron chi connectivity index (χ4n) is 2.75. The predicted molar refractivity (Wildman–Crippen MR) is 84.4 cm³/mol. The Morgan fingerprint density at radius 1 is 1.55 bits per heavy atom. The van der Waals surface area contributed by atoms with Gasteiger partial charge in [0.25, 0.3) is 0 Å². The Bertz CT molecular complexity index is 496. The highest BCUT2D eigenvalue weighted by molar-refractivity contribution is 9.10. The number of nitrogens with two attached hydrogens (primary N) is 1. The maximum absolute atomic E-state index is 12.6. The third kappa shape index (κ3) is 3.20. The number of hydrogen-bond donors (Lipinski definition) is 2. The highest BCUT2D eigenvalue weighted by Crippen LogP contribution is 2.39. The number of carbonyl (C=O) groups excluding carboxylic acids is 1. The van der Waals surface area contributed by atoms with Crippen molar-refractivity contribution < 1.29 is 4.79 Å². The van der Waals surface area contributed by atoms with Gasteiger partial charge in [0, 0.05) is 17.2 Å². The third-order valence-electron chi connectivity index (χ3n) is 4.38. The van der Waals surface area contributed by atoms with Crippen molar-refractivity contribution in [2.24, 2.45) is 17.1 Å². The van der Waals surface area contributed by atoms with Gasteiger partial charge in [-0.05, 0) is 66.1 Å². The molecule has 110 valence electrons. The largest absolute Gasteiger partial charge is 0.329 e. The number of halogens is 1. The molecule has 3 N–H and O–H groups in total. The highest BCUT2D eigenvalue weighted by atomic mass is 79.9. The molecule has 1 aromatic rings. The van der Waals surface area contributed by atoms with Gasteiger partial charge in [0.1, 0.15) is 5.82 Å². The quantitative estimate of drug-likeness (QED) is 0.888. The van der Waals surface area contributed by atoms with Gasteiger partial charge in [0.2, 0.25) is 5.91 Å². The van der Waals surface area contributed by atoms with E-state index in [0.29, 0.717) is 18.3 Å². The summed E-state index contributed by atoms with van der Waals surface area (Å²) in [4.78, 5) is 16.9. The average Bonchev–Trinajstić information content (AvgIpc) is 2.43. The number of aromatic nitrogens is 1. The van der Waals surface area contributed by atoms with Gasteiger partial charge >= 0.3 is 0 Å². The summed E-state index contributed by atoms with van der Waals surface area (Å²) in [5.41, 5.74) is 6.44. The number of anilines is 1. The topological polar surface area (TPSA) is 68.0 Å². The maximum atomic E-state index is 12.6. The van der Waals surface area contributed by atoms with Crippen molar-refractivity contribution >= 4 is 27.7 Å². The van der Waals surface area contributed by atoms with E-state index >= 15 is 0 Å². The van der Waals surface area contributed by atoms with Crippen LogP contribution in [-0.2, 0) is 4.79 Å². The van der Waals surface area contributed by atoms with E-state index in [-0.39, 0.29) is 5.91 Å².